The molecule has 1 atom stereocenters. The molecule has 136 valence electrons. The fraction of sp³-hybridized carbons (Fsp3) is 0.263. The number of nitrogens with one attached hydrogen (secondary N) is 1. The van der Waals surface area contributed by atoms with Crippen molar-refractivity contribution in [2.24, 2.45) is 0 Å². The van der Waals surface area contributed by atoms with Crippen LogP contribution in [0.4, 0.5) is 0 Å². The molecule has 0 aliphatic carbocycles. The molecule has 1 fully saturated rings. The van der Waals surface area contributed by atoms with Crippen LogP contribution in [0.5, 0.6) is 11.6 Å². The zero-order chi connectivity index (χ0) is 18.8. The van der Waals surface area contributed by atoms with Gasteiger partial charge in [-0.2, -0.15) is 5.26 Å². The van der Waals surface area contributed by atoms with E-state index in [1.807, 2.05) is 30.3 Å². The Labute approximate surface area is 155 Å². The lowest BCUT2D eigenvalue weighted by Gasteiger charge is -2.16. The number of carbonyl (C=O) groups is 1. The number of nitrogens with zero attached hydrogens (tertiary/aromatic N) is 4. The Bertz CT molecular complexity index is 1040. The van der Waals surface area contributed by atoms with E-state index in [9.17, 15) is 4.79 Å². The molecule has 0 bridgehead atoms. The Kier molecular flexibility index (Phi) is 4.34. The summed E-state index contributed by atoms with van der Waals surface area (Å²) >= 11 is 0. The Morgan fingerprint density at radius 3 is 3.00 bits per heavy atom. The Morgan fingerprint density at radius 1 is 1.33 bits per heavy atom. The molecule has 8 heteroatoms. The summed E-state index contributed by atoms with van der Waals surface area (Å²) in [5.74, 6) is 0.850. The summed E-state index contributed by atoms with van der Waals surface area (Å²) in [6, 6.07) is 9.43. The molecule has 1 aliphatic heterocycles. The highest BCUT2D eigenvalue weighted by Gasteiger charge is 2.30. The molecular formula is C19H17N5O3. The van der Waals surface area contributed by atoms with Gasteiger partial charge in [0.1, 0.15) is 23.6 Å². The topological polar surface area (TPSA) is 104 Å². The summed E-state index contributed by atoms with van der Waals surface area (Å²) in [6.45, 7) is 1.00. The predicted octanol–water partition coefficient (Wildman–Crippen LogP) is 2.13. The smallest absolute Gasteiger partial charge is 0.270 e. The number of carbonyl (C=O) groups excluding carboxylic acids is 1. The second-order valence-corrected chi connectivity index (χ2v) is 6.24. The van der Waals surface area contributed by atoms with Gasteiger partial charge in [-0.05, 0) is 18.2 Å². The zero-order valence-electron chi connectivity index (χ0n) is 14.7. The van der Waals surface area contributed by atoms with Crippen LogP contribution < -0.4 is 9.47 Å². The molecule has 0 saturated carbocycles. The van der Waals surface area contributed by atoms with Crippen molar-refractivity contribution in [1.29, 1.82) is 5.26 Å². The number of H-pyrrole nitrogens is 1. The first-order chi connectivity index (χ1) is 13.2. The minimum Gasteiger partial charge on any atom is -0.497 e. The second kappa shape index (κ2) is 6.96. The molecule has 1 amide bonds. The minimum absolute atomic E-state index is 0.0871. The molecule has 2 aromatic heterocycles. The van der Waals surface area contributed by atoms with Crippen LogP contribution in [0.2, 0.25) is 0 Å². The number of aromatic amines is 1. The van der Waals surface area contributed by atoms with E-state index >= 15 is 0 Å². The number of benzene rings is 1. The number of nitriles is 1. The number of ether oxygens (including phenoxy) is 2. The van der Waals surface area contributed by atoms with E-state index in [1.54, 1.807) is 12.0 Å². The number of hydrogen-bond donors (Lipinski definition) is 1. The monoisotopic (exact) mass is 363 g/mol. The number of fused-ring (bicyclic) bond motifs is 1. The van der Waals surface area contributed by atoms with Gasteiger partial charge in [0, 0.05) is 42.3 Å². The molecule has 4 rings (SSSR count). The molecule has 1 saturated heterocycles. The van der Waals surface area contributed by atoms with Gasteiger partial charge in [0.2, 0.25) is 5.69 Å². The summed E-state index contributed by atoms with van der Waals surface area (Å²) in [4.78, 5) is 25.7. The van der Waals surface area contributed by atoms with Crippen molar-refractivity contribution in [2.75, 3.05) is 20.2 Å². The average Bonchev–Trinajstić information content (AvgIpc) is 3.34. The lowest BCUT2D eigenvalue weighted by Crippen LogP contribution is -2.31. The highest BCUT2D eigenvalue weighted by molar-refractivity contribution is 5.98. The number of amides is 1. The Hall–Kier alpha value is -3.60. The first-order valence-electron chi connectivity index (χ1n) is 8.51. The fourth-order valence-corrected chi connectivity index (χ4v) is 3.17. The largest absolute Gasteiger partial charge is 0.497 e. The van der Waals surface area contributed by atoms with Crippen LogP contribution in [0.1, 0.15) is 22.6 Å². The molecular weight excluding hydrogens is 346 g/mol. The second-order valence-electron chi connectivity index (χ2n) is 6.24. The maximum atomic E-state index is 12.8. The van der Waals surface area contributed by atoms with Crippen molar-refractivity contribution >= 4 is 16.8 Å². The van der Waals surface area contributed by atoms with E-state index in [0.29, 0.717) is 25.2 Å². The quantitative estimate of drug-likeness (QED) is 0.761. The van der Waals surface area contributed by atoms with Crippen molar-refractivity contribution in [3.05, 3.63) is 48.0 Å². The van der Waals surface area contributed by atoms with Crippen LogP contribution in [0, 0.1) is 11.3 Å². The predicted molar refractivity (Wildman–Crippen MR) is 96.5 cm³/mol. The van der Waals surface area contributed by atoms with E-state index in [2.05, 4.69) is 15.0 Å². The highest BCUT2D eigenvalue weighted by Crippen LogP contribution is 2.24. The van der Waals surface area contributed by atoms with Gasteiger partial charge >= 0.3 is 0 Å². The molecule has 0 unspecified atom stereocenters. The van der Waals surface area contributed by atoms with Crippen LogP contribution >= 0.6 is 0 Å². The number of methoxy groups -OCH3 is 1. The molecule has 1 aromatic carbocycles. The van der Waals surface area contributed by atoms with Gasteiger partial charge in [0.25, 0.3) is 11.8 Å². The molecule has 3 heterocycles. The summed E-state index contributed by atoms with van der Waals surface area (Å²) in [7, 11) is 1.61. The van der Waals surface area contributed by atoms with Gasteiger partial charge in [-0.25, -0.2) is 9.97 Å². The average molecular weight is 363 g/mol. The summed E-state index contributed by atoms with van der Waals surface area (Å²) < 4.78 is 11.0. The van der Waals surface area contributed by atoms with Crippen LogP contribution in [-0.2, 0) is 0 Å². The van der Waals surface area contributed by atoms with Crippen molar-refractivity contribution in [3.8, 4) is 17.7 Å². The molecule has 0 spiro atoms. The highest BCUT2D eigenvalue weighted by atomic mass is 16.5. The third-order valence-corrected chi connectivity index (χ3v) is 4.54. The molecule has 3 aromatic rings. The van der Waals surface area contributed by atoms with E-state index in [0.717, 1.165) is 16.7 Å². The Balaban J connectivity index is 1.47. The molecule has 27 heavy (non-hydrogen) atoms. The number of hydrogen-bond acceptors (Lipinski definition) is 6. The van der Waals surface area contributed by atoms with Crippen molar-refractivity contribution in [1.82, 2.24) is 19.9 Å². The van der Waals surface area contributed by atoms with Crippen LogP contribution in [0.25, 0.3) is 10.9 Å². The van der Waals surface area contributed by atoms with Gasteiger partial charge in [-0.1, -0.05) is 0 Å². The van der Waals surface area contributed by atoms with Gasteiger partial charge in [-0.3, -0.25) is 4.79 Å². The van der Waals surface area contributed by atoms with Crippen LogP contribution in [0.15, 0.2) is 36.7 Å². The van der Waals surface area contributed by atoms with Crippen LogP contribution in [-0.4, -0.2) is 52.1 Å². The summed E-state index contributed by atoms with van der Waals surface area (Å²) in [6.07, 6.45) is 3.37. The maximum absolute atomic E-state index is 12.8. The molecule has 0 radical (unpaired) electrons. The van der Waals surface area contributed by atoms with Crippen LogP contribution in [0.3, 0.4) is 0 Å². The minimum atomic E-state index is -0.220. The van der Waals surface area contributed by atoms with Gasteiger partial charge in [0.05, 0.1) is 13.7 Å². The van der Waals surface area contributed by atoms with E-state index < -0.39 is 0 Å². The normalized spacial score (nSPS) is 16.3. The van der Waals surface area contributed by atoms with E-state index in [-0.39, 0.29) is 23.6 Å². The lowest BCUT2D eigenvalue weighted by molar-refractivity contribution is 0.0766. The molecule has 1 N–H and O–H groups in total. The standard InChI is InChI=1S/C19H17N5O3/c1-26-13-3-2-12-8-16(23-15(12)9-13)19(25)24-7-4-14(11-24)27-18-17(10-20)21-5-6-22-18/h2-3,5-6,8-9,14,23H,4,7,11H2,1H3/t14-/m0/s1. The lowest BCUT2D eigenvalue weighted by atomic mass is 10.2. The third-order valence-electron chi connectivity index (χ3n) is 4.54. The summed E-state index contributed by atoms with van der Waals surface area (Å²) in [5.41, 5.74) is 1.52. The Morgan fingerprint density at radius 2 is 2.19 bits per heavy atom. The zero-order valence-corrected chi connectivity index (χ0v) is 14.7. The fourth-order valence-electron chi connectivity index (χ4n) is 3.17. The maximum Gasteiger partial charge on any atom is 0.270 e. The number of rotatable bonds is 4. The van der Waals surface area contributed by atoms with Crippen molar-refractivity contribution < 1.29 is 14.3 Å². The van der Waals surface area contributed by atoms with Gasteiger partial charge < -0.3 is 19.4 Å². The van der Waals surface area contributed by atoms with E-state index in [1.165, 1.54) is 12.4 Å². The molecule has 1 aliphatic rings. The summed E-state index contributed by atoms with van der Waals surface area (Å²) in [5, 5.41) is 10.0. The van der Waals surface area contributed by atoms with E-state index in [4.69, 9.17) is 14.7 Å². The SMILES string of the molecule is COc1ccc2cc(C(=O)N3CC[C@H](Oc4nccnc4C#N)C3)[nH]c2c1. The first-order valence-corrected chi connectivity index (χ1v) is 8.51. The molecule has 8 nitrogen and oxygen atoms in total. The van der Waals surface area contributed by atoms with Gasteiger partial charge in [0.15, 0.2) is 0 Å². The first kappa shape index (κ1) is 16.8. The third kappa shape index (κ3) is 3.27. The van der Waals surface area contributed by atoms with Crippen molar-refractivity contribution in [2.45, 2.75) is 12.5 Å². The number of aromatic nitrogens is 3. The van der Waals surface area contributed by atoms with Gasteiger partial charge in [-0.15, -0.1) is 0 Å². The number of likely N-dealkylation sites (tertiary alicyclic amines) is 1. The van der Waals surface area contributed by atoms with Crippen molar-refractivity contribution in [3.63, 3.8) is 0 Å².